The highest BCUT2D eigenvalue weighted by Gasteiger charge is 2.54. The van der Waals surface area contributed by atoms with Crippen molar-refractivity contribution in [1.82, 2.24) is 0 Å². The Morgan fingerprint density at radius 2 is 1.29 bits per heavy atom. The first-order valence-corrected chi connectivity index (χ1v) is 10.4. The lowest BCUT2D eigenvalue weighted by molar-refractivity contribution is -0.296. The molecule has 34 heavy (non-hydrogen) atoms. The van der Waals surface area contributed by atoms with E-state index in [4.69, 9.17) is 33.2 Å². The van der Waals surface area contributed by atoms with Crippen molar-refractivity contribution in [3.05, 3.63) is 4.91 Å². The number of hydrogen-bond donors (Lipinski definition) is 0. The summed E-state index contributed by atoms with van der Waals surface area (Å²) in [7, 11) is 0. The molecule has 0 aliphatic carbocycles. The van der Waals surface area contributed by atoms with Crippen LogP contribution in [0, 0.1) is 4.91 Å². The highest BCUT2D eigenvalue weighted by Crippen LogP contribution is 2.33. The van der Waals surface area contributed by atoms with E-state index in [2.05, 4.69) is 5.18 Å². The molecular weight excluding hydrogens is 462 g/mol. The summed E-state index contributed by atoms with van der Waals surface area (Å²) in [5.41, 5.74) is -1.63. The van der Waals surface area contributed by atoms with Crippen molar-refractivity contribution in [2.75, 3.05) is 13.2 Å². The average Bonchev–Trinajstić information content (AvgIpc) is 2.72. The summed E-state index contributed by atoms with van der Waals surface area (Å²) in [6.45, 7) is 4.54. The minimum absolute atomic E-state index is 0.0435. The lowest BCUT2D eigenvalue weighted by atomic mass is 9.95. The maximum atomic E-state index is 12.7. The largest absolute Gasteiger partial charge is 0.456 e. The minimum Gasteiger partial charge on any atom is -0.456 e. The highest BCUT2D eigenvalue weighted by molar-refractivity contribution is 5.72. The molecule has 0 radical (unpaired) electrons. The second kappa shape index (κ2) is 11.8. The molecule has 0 saturated carbocycles. The molecule has 2 saturated heterocycles. The molecule has 2 rings (SSSR count). The van der Waals surface area contributed by atoms with E-state index in [0.29, 0.717) is 0 Å². The lowest BCUT2D eigenvalue weighted by Gasteiger charge is -2.43. The van der Waals surface area contributed by atoms with Crippen LogP contribution in [0.15, 0.2) is 5.18 Å². The molecule has 14 heteroatoms. The summed E-state index contributed by atoms with van der Waals surface area (Å²) in [5, 5.41) is 2.94. The van der Waals surface area contributed by atoms with Gasteiger partial charge in [0.05, 0.1) is 19.6 Å². The van der Waals surface area contributed by atoms with Gasteiger partial charge in [-0.05, 0) is 5.18 Å². The topological polar surface area (TPSA) is 179 Å². The van der Waals surface area contributed by atoms with Crippen molar-refractivity contribution in [3.8, 4) is 0 Å². The van der Waals surface area contributed by atoms with Crippen molar-refractivity contribution in [1.29, 1.82) is 0 Å². The summed E-state index contributed by atoms with van der Waals surface area (Å²) < 4.78 is 36.8. The SMILES string of the molecule is CC(=O)OC1O[C@H](CC(=O)OC2(N=O)CCOCC2)[C@H](OC(C)=O)[C@@H](OC(C)=O)[C@@H]1OC(C)=O. The number of carbonyl (C=O) groups is 5. The molecule has 190 valence electrons. The van der Waals surface area contributed by atoms with Crippen LogP contribution in [0.5, 0.6) is 0 Å². The molecule has 0 N–H and O–H groups in total. The third kappa shape index (κ3) is 7.45. The Kier molecular flexibility index (Phi) is 9.44. The van der Waals surface area contributed by atoms with Crippen LogP contribution in [-0.2, 0) is 57.1 Å². The molecule has 0 aromatic carbocycles. The first-order chi connectivity index (χ1) is 16.0. The zero-order chi connectivity index (χ0) is 25.5. The molecular formula is C20H27NO13. The molecule has 0 spiro atoms. The maximum absolute atomic E-state index is 12.7. The molecule has 2 heterocycles. The third-order valence-corrected chi connectivity index (χ3v) is 4.89. The fourth-order valence-electron chi connectivity index (χ4n) is 3.60. The van der Waals surface area contributed by atoms with Crippen LogP contribution in [0.2, 0.25) is 0 Å². The Bertz CT molecular complexity index is 806. The van der Waals surface area contributed by atoms with E-state index in [1.54, 1.807) is 0 Å². The van der Waals surface area contributed by atoms with Gasteiger partial charge in [-0.1, -0.05) is 0 Å². The molecule has 1 unspecified atom stereocenters. The summed E-state index contributed by atoms with van der Waals surface area (Å²) in [5.74, 6) is -4.27. The molecule has 2 aliphatic rings. The zero-order valence-electron chi connectivity index (χ0n) is 19.2. The Morgan fingerprint density at radius 3 is 1.79 bits per heavy atom. The molecule has 2 aliphatic heterocycles. The molecule has 14 nitrogen and oxygen atoms in total. The van der Waals surface area contributed by atoms with Crippen molar-refractivity contribution >= 4 is 29.8 Å². The second-order valence-corrected chi connectivity index (χ2v) is 7.70. The average molecular weight is 489 g/mol. The van der Waals surface area contributed by atoms with Gasteiger partial charge in [-0.3, -0.25) is 24.0 Å². The first kappa shape index (κ1) is 27.1. The van der Waals surface area contributed by atoms with Crippen LogP contribution in [0.3, 0.4) is 0 Å². The third-order valence-electron chi connectivity index (χ3n) is 4.89. The van der Waals surface area contributed by atoms with Crippen LogP contribution in [-0.4, -0.2) is 79.5 Å². The fraction of sp³-hybridized carbons (Fsp3) is 0.750. The summed E-state index contributed by atoms with van der Waals surface area (Å²) in [4.78, 5) is 70.9. The van der Waals surface area contributed by atoms with Crippen LogP contribution in [0.1, 0.15) is 47.0 Å². The smallest absolute Gasteiger partial charge is 0.310 e. The van der Waals surface area contributed by atoms with Crippen LogP contribution < -0.4 is 0 Å². The van der Waals surface area contributed by atoms with E-state index in [0.717, 1.165) is 27.7 Å². The molecule has 0 bridgehead atoms. The van der Waals surface area contributed by atoms with Gasteiger partial charge in [0, 0.05) is 40.5 Å². The fourth-order valence-corrected chi connectivity index (χ4v) is 3.60. The van der Waals surface area contributed by atoms with Crippen molar-refractivity contribution in [3.63, 3.8) is 0 Å². The van der Waals surface area contributed by atoms with Gasteiger partial charge in [-0.15, -0.1) is 4.91 Å². The number of rotatable bonds is 8. The van der Waals surface area contributed by atoms with Gasteiger partial charge in [0.25, 0.3) is 0 Å². The number of nitroso groups, excluding NO2 is 1. The van der Waals surface area contributed by atoms with Gasteiger partial charge in [0.2, 0.25) is 18.1 Å². The standard InChI is InChI=1S/C20H27NO13/c1-10(22)29-16-14(9-15(26)34-20(21-27)5-7-28-8-6-20)33-19(32-13(4)25)18(31-12(3)24)17(16)30-11(2)23/h14,16-19H,5-9H2,1-4H3/t14-,16+,17-,18+,19?/m1/s1. The Labute approximate surface area is 194 Å². The van der Waals surface area contributed by atoms with Crippen molar-refractivity contribution < 1.29 is 57.1 Å². The van der Waals surface area contributed by atoms with Gasteiger partial charge in [-0.25, -0.2) is 0 Å². The molecule has 0 aromatic rings. The van der Waals surface area contributed by atoms with E-state index in [1.807, 2.05) is 0 Å². The van der Waals surface area contributed by atoms with E-state index >= 15 is 0 Å². The van der Waals surface area contributed by atoms with Crippen LogP contribution in [0.25, 0.3) is 0 Å². The van der Waals surface area contributed by atoms with Gasteiger partial charge < -0.3 is 33.2 Å². The van der Waals surface area contributed by atoms with Gasteiger partial charge >= 0.3 is 29.8 Å². The summed E-state index contributed by atoms with van der Waals surface area (Å²) in [6.07, 6.45) is -7.98. The first-order valence-electron chi connectivity index (χ1n) is 10.4. The van der Waals surface area contributed by atoms with Gasteiger partial charge in [0.1, 0.15) is 6.10 Å². The van der Waals surface area contributed by atoms with Crippen molar-refractivity contribution in [2.45, 2.75) is 83.4 Å². The number of hydrogen-bond acceptors (Lipinski definition) is 14. The predicted octanol–water partition coefficient (Wildman–Crippen LogP) is 0.276. The van der Waals surface area contributed by atoms with E-state index < -0.39 is 72.7 Å². The molecule has 0 amide bonds. The van der Waals surface area contributed by atoms with Crippen LogP contribution >= 0.6 is 0 Å². The van der Waals surface area contributed by atoms with Crippen molar-refractivity contribution in [2.24, 2.45) is 5.18 Å². The maximum Gasteiger partial charge on any atom is 0.310 e. The normalized spacial score (nSPS) is 28.1. The predicted molar refractivity (Wildman–Crippen MR) is 106 cm³/mol. The Balaban J connectivity index is 2.35. The Hall–Kier alpha value is -3.13. The van der Waals surface area contributed by atoms with E-state index in [-0.39, 0.29) is 26.1 Å². The molecule has 5 atom stereocenters. The second-order valence-electron chi connectivity index (χ2n) is 7.70. The Morgan fingerprint density at radius 1 is 0.794 bits per heavy atom. The summed E-state index contributed by atoms with van der Waals surface area (Å²) in [6, 6.07) is 0. The van der Waals surface area contributed by atoms with E-state index in [9.17, 15) is 28.9 Å². The summed E-state index contributed by atoms with van der Waals surface area (Å²) >= 11 is 0. The van der Waals surface area contributed by atoms with Gasteiger partial charge in [-0.2, -0.15) is 0 Å². The minimum atomic E-state index is -1.63. The van der Waals surface area contributed by atoms with Gasteiger partial charge in [0.15, 0.2) is 12.2 Å². The van der Waals surface area contributed by atoms with Crippen LogP contribution in [0.4, 0.5) is 0 Å². The van der Waals surface area contributed by atoms with E-state index in [1.165, 1.54) is 0 Å². The zero-order valence-corrected chi connectivity index (χ0v) is 19.2. The monoisotopic (exact) mass is 489 g/mol. The lowest BCUT2D eigenvalue weighted by Crippen LogP contribution is -2.62. The molecule has 0 aromatic heterocycles. The quantitative estimate of drug-likeness (QED) is 0.258. The molecule has 2 fully saturated rings. The number of nitrogens with zero attached hydrogens (tertiary/aromatic N) is 1. The number of ether oxygens (including phenoxy) is 7. The number of carbonyl (C=O) groups excluding carboxylic acids is 5. The highest BCUT2D eigenvalue weighted by atomic mass is 16.7. The number of esters is 5.